The first-order valence-electron chi connectivity index (χ1n) is 25.6. The van der Waals surface area contributed by atoms with Gasteiger partial charge >= 0.3 is 5.97 Å². The van der Waals surface area contributed by atoms with Gasteiger partial charge in [-0.15, -0.1) is 0 Å². The van der Waals surface area contributed by atoms with Gasteiger partial charge in [-0.1, -0.05) is 189 Å². The third-order valence-corrected chi connectivity index (χ3v) is 19.2. The average Bonchev–Trinajstić information content (AvgIpc) is 3.51. The molecule has 0 aromatic heterocycles. The minimum Gasteiger partial charge on any atom is -0.462 e. The van der Waals surface area contributed by atoms with Gasteiger partial charge in [0.15, 0.2) is 0 Å². The van der Waals surface area contributed by atoms with Crippen LogP contribution in [0.1, 0.15) is 261 Å². The molecule has 0 aliphatic heterocycles. The lowest BCUT2D eigenvalue weighted by molar-refractivity contribution is -0.249. The molecular formula is C54H96O2. The van der Waals surface area contributed by atoms with Crippen molar-refractivity contribution < 1.29 is 9.53 Å². The van der Waals surface area contributed by atoms with E-state index in [-0.39, 0.29) is 17.5 Å². The zero-order valence-corrected chi connectivity index (χ0v) is 39.1. The van der Waals surface area contributed by atoms with E-state index >= 15 is 0 Å². The Balaban J connectivity index is 0.948. The molecule has 0 spiro atoms. The fourth-order valence-electron chi connectivity index (χ4n) is 15.6. The number of ether oxygens (including phenoxy) is 1. The molecule has 0 amide bonds. The quantitative estimate of drug-likeness (QED) is 0.0554. The molecule has 5 fully saturated rings. The summed E-state index contributed by atoms with van der Waals surface area (Å²) in [5.74, 6) is 3.89. The number of rotatable bonds is 24. The Bertz CT molecular complexity index is 1220. The van der Waals surface area contributed by atoms with Crippen molar-refractivity contribution in [2.75, 3.05) is 0 Å². The van der Waals surface area contributed by atoms with E-state index in [4.69, 9.17) is 4.74 Å². The Morgan fingerprint density at radius 3 is 1.59 bits per heavy atom. The third kappa shape index (κ3) is 10.2. The van der Waals surface area contributed by atoms with Crippen molar-refractivity contribution in [2.45, 2.75) is 267 Å². The fourth-order valence-corrected chi connectivity index (χ4v) is 15.6. The first-order chi connectivity index (χ1) is 26.7. The summed E-state index contributed by atoms with van der Waals surface area (Å²) in [6.07, 6.45) is 43.3. The molecule has 5 saturated carbocycles. The highest BCUT2D eigenvalue weighted by Crippen LogP contribution is 2.77. The maximum absolute atomic E-state index is 13.3. The highest BCUT2D eigenvalue weighted by molar-refractivity contribution is 5.69. The van der Waals surface area contributed by atoms with Crippen LogP contribution in [0.3, 0.4) is 0 Å². The summed E-state index contributed by atoms with van der Waals surface area (Å²) in [5, 5.41) is 0. The van der Waals surface area contributed by atoms with Gasteiger partial charge in [-0.25, -0.2) is 0 Å². The maximum Gasteiger partial charge on any atom is 0.306 e. The predicted octanol–water partition coefficient (Wildman–Crippen LogP) is 17.2. The van der Waals surface area contributed by atoms with Crippen LogP contribution in [0.25, 0.3) is 0 Å². The molecule has 0 aromatic rings. The van der Waals surface area contributed by atoms with E-state index in [0.717, 1.165) is 36.5 Å². The number of esters is 1. The third-order valence-electron chi connectivity index (χ3n) is 19.2. The summed E-state index contributed by atoms with van der Waals surface area (Å²) in [6, 6.07) is 0. The summed E-state index contributed by atoms with van der Waals surface area (Å²) < 4.78 is 6.46. The molecule has 0 radical (unpaired) electrons. The van der Waals surface area contributed by atoms with Gasteiger partial charge in [-0.2, -0.15) is 0 Å². The number of hydrogen-bond acceptors (Lipinski definition) is 2. The van der Waals surface area contributed by atoms with E-state index in [9.17, 15) is 4.79 Å². The Morgan fingerprint density at radius 2 is 1.07 bits per heavy atom. The number of carbonyl (C=O) groups is 1. The second-order valence-electron chi connectivity index (χ2n) is 23.0. The summed E-state index contributed by atoms with van der Waals surface area (Å²) in [7, 11) is 0. The number of carbonyl (C=O) groups excluding carboxylic acids is 1. The zero-order chi connectivity index (χ0) is 40.5. The summed E-state index contributed by atoms with van der Waals surface area (Å²) >= 11 is 0. The SMILES string of the molecule is C=C(C)C1CCC2(C)CCC3(C)C(CCC4C5(C)CCC(OC(=O)CCCCCCCCCCCCCCCCCCCCCCC)C(C)(C)C5CCC43C)C12. The van der Waals surface area contributed by atoms with Gasteiger partial charge in [-0.3, -0.25) is 4.79 Å². The normalized spacial score (nSPS) is 37.3. The lowest BCUT2D eigenvalue weighted by Crippen LogP contribution is -2.66. The van der Waals surface area contributed by atoms with Crippen LogP contribution >= 0.6 is 0 Å². The minimum absolute atomic E-state index is 0.0380. The first-order valence-corrected chi connectivity index (χ1v) is 25.6. The molecule has 0 N–H and O–H groups in total. The van der Waals surface area contributed by atoms with Crippen molar-refractivity contribution in [2.24, 2.45) is 56.7 Å². The van der Waals surface area contributed by atoms with Crippen molar-refractivity contribution in [1.82, 2.24) is 0 Å². The van der Waals surface area contributed by atoms with Gasteiger partial charge in [0.2, 0.25) is 0 Å². The van der Waals surface area contributed by atoms with Crippen LogP contribution in [0.4, 0.5) is 0 Å². The molecule has 5 aliphatic rings. The molecule has 5 rings (SSSR count). The van der Waals surface area contributed by atoms with Gasteiger partial charge in [0, 0.05) is 11.8 Å². The van der Waals surface area contributed by atoms with E-state index in [0.29, 0.717) is 34.0 Å². The fraction of sp³-hybridized carbons (Fsp3) is 0.944. The number of allylic oxidation sites excluding steroid dienone is 1. The molecule has 324 valence electrons. The van der Waals surface area contributed by atoms with Crippen LogP contribution in [-0.2, 0) is 9.53 Å². The molecule has 2 nitrogen and oxygen atoms in total. The second kappa shape index (κ2) is 20.7. The molecule has 56 heavy (non-hydrogen) atoms. The average molecular weight is 777 g/mol. The Kier molecular flexibility index (Phi) is 17.1. The Hall–Kier alpha value is -0.790. The first kappa shape index (κ1) is 46.3. The van der Waals surface area contributed by atoms with Crippen LogP contribution in [0.5, 0.6) is 0 Å². The summed E-state index contributed by atoms with van der Waals surface area (Å²) in [5.41, 5.74) is 3.18. The van der Waals surface area contributed by atoms with Gasteiger partial charge in [0.25, 0.3) is 0 Å². The number of unbranched alkanes of at least 4 members (excludes halogenated alkanes) is 20. The van der Waals surface area contributed by atoms with E-state index in [2.05, 4.69) is 62.0 Å². The topological polar surface area (TPSA) is 26.3 Å². The van der Waals surface area contributed by atoms with Gasteiger partial charge in [0.1, 0.15) is 6.10 Å². The lowest BCUT2D eigenvalue weighted by Gasteiger charge is -2.73. The van der Waals surface area contributed by atoms with Crippen LogP contribution in [-0.4, -0.2) is 12.1 Å². The molecule has 10 unspecified atom stereocenters. The Labute approximate surface area is 350 Å². The van der Waals surface area contributed by atoms with E-state index in [1.54, 1.807) is 0 Å². The molecular weight excluding hydrogens is 681 g/mol. The molecule has 10 atom stereocenters. The van der Waals surface area contributed by atoms with E-state index in [1.165, 1.54) is 192 Å². The minimum atomic E-state index is 0.0380. The van der Waals surface area contributed by atoms with Crippen molar-refractivity contribution in [3.8, 4) is 0 Å². The van der Waals surface area contributed by atoms with Crippen LogP contribution < -0.4 is 0 Å². The second-order valence-corrected chi connectivity index (χ2v) is 23.0. The Morgan fingerprint density at radius 1 is 0.554 bits per heavy atom. The van der Waals surface area contributed by atoms with Gasteiger partial charge < -0.3 is 4.74 Å². The van der Waals surface area contributed by atoms with E-state index < -0.39 is 0 Å². The standard InChI is InChI=1S/C54H96O2/c1-10-11-12-13-14-15-16-17-18-19-20-21-22-23-24-25-26-27-28-29-30-31-48(55)56-47-36-38-52(7)45(50(47,4)5)35-39-54(9)46(52)33-32-44-49-43(42(2)3)34-37-51(49,6)40-41-53(44,54)8/h43-47,49H,2,10-41H2,1,3-9H3. The van der Waals surface area contributed by atoms with Crippen LogP contribution in [0.2, 0.25) is 0 Å². The molecule has 2 heteroatoms. The molecule has 0 aromatic carbocycles. The van der Waals surface area contributed by atoms with Crippen molar-refractivity contribution >= 4 is 5.97 Å². The largest absolute Gasteiger partial charge is 0.462 e. The van der Waals surface area contributed by atoms with Gasteiger partial charge in [-0.05, 0) is 129 Å². The monoisotopic (exact) mass is 777 g/mol. The van der Waals surface area contributed by atoms with Crippen molar-refractivity contribution in [3.05, 3.63) is 12.2 Å². The maximum atomic E-state index is 13.3. The van der Waals surface area contributed by atoms with Gasteiger partial charge in [0.05, 0.1) is 0 Å². The van der Waals surface area contributed by atoms with Crippen LogP contribution in [0, 0.1) is 56.7 Å². The van der Waals surface area contributed by atoms with Crippen molar-refractivity contribution in [1.29, 1.82) is 0 Å². The predicted molar refractivity (Wildman–Crippen MR) is 242 cm³/mol. The zero-order valence-electron chi connectivity index (χ0n) is 39.1. The highest BCUT2D eigenvalue weighted by Gasteiger charge is 2.70. The smallest absolute Gasteiger partial charge is 0.306 e. The molecule has 0 bridgehead atoms. The van der Waals surface area contributed by atoms with Crippen LogP contribution in [0.15, 0.2) is 12.2 Å². The van der Waals surface area contributed by atoms with E-state index in [1.807, 2.05) is 0 Å². The number of hydrogen-bond donors (Lipinski definition) is 0. The summed E-state index contributed by atoms with van der Waals surface area (Å²) in [6.45, 7) is 25.0. The lowest BCUT2D eigenvalue weighted by atomic mass is 9.32. The highest BCUT2D eigenvalue weighted by atomic mass is 16.5. The number of fused-ring (bicyclic) bond motifs is 7. The molecule has 5 aliphatic carbocycles. The molecule has 0 heterocycles. The van der Waals surface area contributed by atoms with Crippen molar-refractivity contribution in [3.63, 3.8) is 0 Å². The summed E-state index contributed by atoms with van der Waals surface area (Å²) in [4.78, 5) is 13.3. The molecule has 0 saturated heterocycles.